The molecule has 2 nitrogen and oxygen atoms in total. The number of carbonyl (C=O) groups is 1. The number of nitrogens with zero attached hydrogens (tertiary/aromatic N) is 1. The number of rotatable bonds is 2. The van der Waals surface area contributed by atoms with Gasteiger partial charge < -0.3 is 4.90 Å². The standard InChI is InChI=1S/C11H13ClFNO/c1-7-4-5-9(13)8(6-7)10(12)11(15)14(2)3/h4-6,10H,1-3H3. The Hall–Kier alpha value is -1.09. The number of amides is 1. The maximum Gasteiger partial charge on any atom is 0.244 e. The zero-order valence-electron chi connectivity index (χ0n) is 8.92. The zero-order chi connectivity index (χ0) is 11.6. The first-order valence-corrected chi connectivity index (χ1v) is 4.98. The third-order valence-electron chi connectivity index (χ3n) is 2.08. The van der Waals surface area contributed by atoms with Crippen LogP contribution < -0.4 is 0 Å². The van der Waals surface area contributed by atoms with E-state index in [0.29, 0.717) is 0 Å². The van der Waals surface area contributed by atoms with E-state index in [4.69, 9.17) is 11.6 Å². The molecule has 0 aromatic heterocycles. The molecule has 4 heteroatoms. The molecule has 82 valence electrons. The summed E-state index contributed by atoms with van der Waals surface area (Å²) in [4.78, 5) is 12.9. The van der Waals surface area contributed by atoms with Crippen molar-refractivity contribution in [3.63, 3.8) is 0 Å². The molecule has 0 radical (unpaired) electrons. The van der Waals surface area contributed by atoms with Crippen LogP contribution in [0.15, 0.2) is 18.2 Å². The van der Waals surface area contributed by atoms with Gasteiger partial charge in [0.25, 0.3) is 0 Å². The maximum absolute atomic E-state index is 13.4. The largest absolute Gasteiger partial charge is 0.347 e. The predicted molar refractivity (Wildman–Crippen MR) is 58.4 cm³/mol. The van der Waals surface area contributed by atoms with Crippen molar-refractivity contribution in [3.05, 3.63) is 35.1 Å². The Morgan fingerprint density at radius 2 is 2.07 bits per heavy atom. The molecule has 1 aromatic rings. The molecule has 1 unspecified atom stereocenters. The van der Waals surface area contributed by atoms with Gasteiger partial charge in [-0.1, -0.05) is 17.7 Å². The molecule has 0 saturated carbocycles. The Morgan fingerprint density at radius 1 is 1.47 bits per heavy atom. The molecular formula is C11H13ClFNO. The fourth-order valence-corrected chi connectivity index (χ4v) is 1.58. The van der Waals surface area contributed by atoms with E-state index in [0.717, 1.165) is 5.56 Å². The first kappa shape index (κ1) is 12.0. The zero-order valence-corrected chi connectivity index (χ0v) is 9.68. The van der Waals surface area contributed by atoms with Gasteiger partial charge in [0.05, 0.1) is 0 Å². The van der Waals surface area contributed by atoms with E-state index in [1.165, 1.54) is 11.0 Å². The number of aryl methyl sites for hydroxylation is 1. The number of carbonyl (C=O) groups excluding carboxylic acids is 1. The minimum atomic E-state index is -0.958. The van der Waals surface area contributed by atoms with Gasteiger partial charge in [-0.2, -0.15) is 0 Å². The molecule has 0 aliphatic rings. The smallest absolute Gasteiger partial charge is 0.244 e. The van der Waals surface area contributed by atoms with E-state index in [9.17, 15) is 9.18 Å². The minimum Gasteiger partial charge on any atom is -0.347 e. The van der Waals surface area contributed by atoms with Gasteiger partial charge in [-0.15, -0.1) is 11.6 Å². The topological polar surface area (TPSA) is 20.3 Å². The Bertz CT molecular complexity index is 379. The Kier molecular flexibility index (Phi) is 3.69. The van der Waals surface area contributed by atoms with Gasteiger partial charge in [0, 0.05) is 19.7 Å². The summed E-state index contributed by atoms with van der Waals surface area (Å²) in [5, 5.41) is -0.958. The number of halogens is 2. The van der Waals surface area contributed by atoms with Crippen molar-refractivity contribution in [2.24, 2.45) is 0 Å². The summed E-state index contributed by atoms with van der Waals surface area (Å²) in [6.07, 6.45) is 0. The van der Waals surface area contributed by atoms with Gasteiger partial charge in [0.15, 0.2) is 0 Å². The van der Waals surface area contributed by atoms with Gasteiger partial charge in [-0.05, 0) is 13.0 Å². The molecule has 0 heterocycles. The highest BCUT2D eigenvalue weighted by atomic mass is 35.5. The summed E-state index contributed by atoms with van der Waals surface area (Å²) in [5.41, 5.74) is 1.11. The summed E-state index contributed by atoms with van der Waals surface area (Å²) in [7, 11) is 3.18. The van der Waals surface area contributed by atoms with Crippen molar-refractivity contribution in [3.8, 4) is 0 Å². The lowest BCUT2D eigenvalue weighted by Gasteiger charge is -2.16. The van der Waals surface area contributed by atoms with Crippen LogP contribution in [0.4, 0.5) is 4.39 Å². The molecule has 0 aliphatic carbocycles. The van der Waals surface area contributed by atoms with Crippen LogP contribution in [-0.4, -0.2) is 24.9 Å². The van der Waals surface area contributed by atoms with Crippen LogP contribution in [0.1, 0.15) is 16.5 Å². The average molecular weight is 230 g/mol. The molecule has 0 spiro atoms. The lowest BCUT2D eigenvalue weighted by atomic mass is 10.1. The van der Waals surface area contributed by atoms with Crippen molar-refractivity contribution < 1.29 is 9.18 Å². The number of likely N-dealkylation sites (N-methyl/N-ethyl adjacent to an activating group) is 1. The molecule has 15 heavy (non-hydrogen) atoms. The van der Waals surface area contributed by atoms with Crippen LogP contribution in [0.5, 0.6) is 0 Å². The Balaban J connectivity index is 3.05. The van der Waals surface area contributed by atoms with Crippen molar-refractivity contribution in [1.29, 1.82) is 0 Å². The maximum atomic E-state index is 13.4. The fourth-order valence-electron chi connectivity index (χ4n) is 1.22. The van der Waals surface area contributed by atoms with Crippen LogP contribution in [0, 0.1) is 12.7 Å². The first-order chi connectivity index (χ1) is 6.93. The Morgan fingerprint density at radius 3 is 2.60 bits per heavy atom. The minimum absolute atomic E-state index is 0.232. The molecule has 0 saturated heterocycles. The SMILES string of the molecule is Cc1ccc(F)c(C(Cl)C(=O)N(C)C)c1. The molecule has 0 N–H and O–H groups in total. The molecule has 0 fully saturated rings. The molecule has 1 amide bonds. The monoisotopic (exact) mass is 229 g/mol. The van der Waals surface area contributed by atoms with E-state index in [2.05, 4.69) is 0 Å². The number of hydrogen-bond donors (Lipinski definition) is 0. The van der Waals surface area contributed by atoms with Crippen LogP contribution in [0.25, 0.3) is 0 Å². The number of benzene rings is 1. The van der Waals surface area contributed by atoms with E-state index in [1.807, 2.05) is 6.92 Å². The highest BCUT2D eigenvalue weighted by Gasteiger charge is 2.22. The second-order valence-corrected chi connectivity index (χ2v) is 4.06. The van der Waals surface area contributed by atoms with Crippen LogP contribution in [-0.2, 0) is 4.79 Å². The van der Waals surface area contributed by atoms with Crippen LogP contribution in [0.2, 0.25) is 0 Å². The van der Waals surface area contributed by atoms with E-state index >= 15 is 0 Å². The second kappa shape index (κ2) is 4.62. The van der Waals surface area contributed by atoms with Gasteiger partial charge in [0.2, 0.25) is 5.91 Å². The summed E-state index contributed by atoms with van der Waals surface area (Å²) in [6.45, 7) is 1.83. The number of hydrogen-bond acceptors (Lipinski definition) is 1. The lowest BCUT2D eigenvalue weighted by Crippen LogP contribution is -2.26. The normalized spacial score (nSPS) is 12.3. The van der Waals surface area contributed by atoms with Gasteiger partial charge in [-0.3, -0.25) is 4.79 Å². The molecule has 0 aliphatic heterocycles. The molecular weight excluding hydrogens is 217 g/mol. The molecule has 1 rings (SSSR count). The van der Waals surface area contributed by atoms with Crippen LogP contribution >= 0.6 is 11.6 Å². The predicted octanol–water partition coefficient (Wildman–Crippen LogP) is 2.50. The highest BCUT2D eigenvalue weighted by Crippen LogP contribution is 2.25. The lowest BCUT2D eigenvalue weighted by molar-refractivity contribution is -0.128. The third kappa shape index (κ3) is 2.69. The summed E-state index contributed by atoms with van der Waals surface area (Å²) < 4.78 is 13.4. The average Bonchev–Trinajstić information content (AvgIpc) is 2.19. The number of alkyl halides is 1. The first-order valence-electron chi connectivity index (χ1n) is 4.54. The second-order valence-electron chi connectivity index (χ2n) is 3.62. The molecule has 1 aromatic carbocycles. The van der Waals surface area contributed by atoms with Crippen molar-refractivity contribution in [1.82, 2.24) is 4.90 Å². The van der Waals surface area contributed by atoms with Crippen molar-refractivity contribution >= 4 is 17.5 Å². The van der Waals surface area contributed by atoms with E-state index in [1.54, 1.807) is 26.2 Å². The fraction of sp³-hybridized carbons (Fsp3) is 0.364. The molecule has 0 bridgehead atoms. The Labute approximate surface area is 93.6 Å². The summed E-state index contributed by atoms with van der Waals surface area (Å²) in [5.74, 6) is -0.767. The third-order valence-corrected chi connectivity index (χ3v) is 2.50. The van der Waals surface area contributed by atoms with Gasteiger partial charge >= 0.3 is 0 Å². The van der Waals surface area contributed by atoms with Crippen molar-refractivity contribution in [2.75, 3.05) is 14.1 Å². The van der Waals surface area contributed by atoms with E-state index < -0.39 is 11.2 Å². The molecule has 1 atom stereocenters. The van der Waals surface area contributed by atoms with Gasteiger partial charge in [0.1, 0.15) is 11.2 Å². The van der Waals surface area contributed by atoms with Crippen molar-refractivity contribution in [2.45, 2.75) is 12.3 Å². The quantitative estimate of drug-likeness (QED) is 0.714. The highest BCUT2D eigenvalue weighted by molar-refractivity contribution is 6.30. The summed E-state index contributed by atoms with van der Waals surface area (Å²) in [6, 6.07) is 4.56. The summed E-state index contributed by atoms with van der Waals surface area (Å²) >= 11 is 5.90. The van der Waals surface area contributed by atoms with Gasteiger partial charge in [-0.25, -0.2) is 4.39 Å². The van der Waals surface area contributed by atoms with Crippen LogP contribution in [0.3, 0.4) is 0 Å². The van der Waals surface area contributed by atoms with E-state index in [-0.39, 0.29) is 11.5 Å².